The Hall–Kier alpha value is -2.08. The maximum Gasteiger partial charge on any atom is 0.260 e. The summed E-state index contributed by atoms with van der Waals surface area (Å²) in [6, 6.07) is 7.83. The highest BCUT2D eigenvalue weighted by Gasteiger charge is 2.27. The van der Waals surface area contributed by atoms with Crippen molar-refractivity contribution in [2.45, 2.75) is 38.7 Å². The van der Waals surface area contributed by atoms with E-state index in [-0.39, 0.29) is 25.2 Å². The van der Waals surface area contributed by atoms with Gasteiger partial charge in [0.2, 0.25) is 5.91 Å². The smallest absolute Gasteiger partial charge is 0.260 e. The number of primary amides is 1. The van der Waals surface area contributed by atoms with Gasteiger partial charge in [-0.15, -0.1) is 0 Å². The van der Waals surface area contributed by atoms with Gasteiger partial charge in [0.05, 0.1) is 6.10 Å². The van der Waals surface area contributed by atoms with Gasteiger partial charge in [0.1, 0.15) is 12.4 Å². The molecule has 24 heavy (non-hydrogen) atoms. The van der Waals surface area contributed by atoms with Crippen molar-refractivity contribution in [2.24, 2.45) is 5.73 Å². The number of likely N-dealkylation sites (tertiary alicyclic amines) is 1. The number of benzene rings is 1. The van der Waals surface area contributed by atoms with Crippen LogP contribution in [0.3, 0.4) is 0 Å². The Bertz CT molecular complexity index is 576. The molecule has 2 N–H and O–H groups in total. The van der Waals surface area contributed by atoms with Crippen LogP contribution < -0.4 is 10.5 Å². The third kappa shape index (κ3) is 4.96. The number of para-hydroxylation sites is 1. The Morgan fingerprint density at radius 3 is 2.79 bits per heavy atom. The first-order valence-electron chi connectivity index (χ1n) is 8.40. The number of nitrogens with two attached hydrogens (primary N) is 1. The molecule has 6 nitrogen and oxygen atoms in total. The number of hydrogen-bond acceptors (Lipinski definition) is 4. The van der Waals surface area contributed by atoms with Crippen LogP contribution in [0.2, 0.25) is 0 Å². The summed E-state index contributed by atoms with van der Waals surface area (Å²) in [5.41, 5.74) is 6.18. The van der Waals surface area contributed by atoms with Crippen molar-refractivity contribution in [3.8, 4) is 5.75 Å². The molecule has 6 heteroatoms. The van der Waals surface area contributed by atoms with E-state index in [9.17, 15) is 9.59 Å². The number of rotatable bonds is 8. The van der Waals surface area contributed by atoms with Crippen LogP contribution in [0.5, 0.6) is 5.75 Å². The van der Waals surface area contributed by atoms with Gasteiger partial charge in [-0.3, -0.25) is 9.59 Å². The van der Waals surface area contributed by atoms with Gasteiger partial charge >= 0.3 is 0 Å². The quantitative estimate of drug-likeness (QED) is 0.784. The predicted molar refractivity (Wildman–Crippen MR) is 90.8 cm³/mol. The molecule has 2 amide bonds. The van der Waals surface area contributed by atoms with Crippen molar-refractivity contribution < 1.29 is 19.1 Å². The molecule has 0 unspecified atom stereocenters. The fourth-order valence-electron chi connectivity index (χ4n) is 2.76. The zero-order valence-corrected chi connectivity index (χ0v) is 14.4. The number of amides is 2. The highest BCUT2D eigenvalue weighted by molar-refractivity contribution is 5.78. The Morgan fingerprint density at radius 1 is 1.33 bits per heavy atom. The van der Waals surface area contributed by atoms with Gasteiger partial charge in [-0.2, -0.15) is 0 Å². The molecule has 1 aromatic rings. The molecule has 1 aliphatic rings. The molecule has 0 bridgehead atoms. The molecule has 0 aromatic heterocycles. The zero-order valence-electron chi connectivity index (χ0n) is 14.4. The summed E-state index contributed by atoms with van der Waals surface area (Å²) in [6.45, 7) is 5.26. The van der Waals surface area contributed by atoms with E-state index in [1.54, 1.807) is 4.90 Å². The lowest BCUT2D eigenvalue weighted by Crippen LogP contribution is -2.34. The molecule has 0 radical (unpaired) electrons. The van der Waals surface area contributed by atoms with Crippen molar-refractivity contribution >= 4 is 11.8 Å². The maximum absolute atomic E-state index is 12.3. The van der Waals surface area contributed by atoms with E-state index in [1.807, 2.05) is 24.3 Å². The first-order chi connectivity index (χ1) is 11.5. The summed E-state index contributed by atoms with van der Waals surface area (Å²) in [5.74, 6) is 0.583. The normalized spacial score (nSPS) is 18.4. The second kappa shape index (κ2) is 8.68. The zero-order chi connectivity index (χ0) is 17.5. The Labute approximate surface area is 142 Å². The Morgan fingerprint density at radius 2 is 2.08 bits per heavy atom. The van der Waals surface area contributed by atoms with Gasteiger partial charge in [-0.25, -0.2) is 0 Å². The van der Waals surface area contributed by atoms with Gasteiger partial charge in [-0.1, -0.05) is 32.0 Å². The SMILES string of the molecule is CC[C@H](C)c1ccccc1OCC(=O)N1CC[C@H](OCC(N)=O)C1. The second-order valence-corrected chi connectivity index (χ2v) is 6.16. The number of nitrogens with zero attached hydrogens (tertiary/aromatic N) is 1. The number of carbonyl (C=O) groups excluding carboxylic acids is 2. The average Bonchev–Trinajstić information content (AvgIpc) is 3.06. The molecular weight excluding hydrogens is 308 g/mol. The van der Waals surface area contributed by atoms with E-state index >= 15 is 0 Å². The van der Waals surface area contributed by atoms with Gasteiger partial charge in [-0.05, 0) is 30.4 Å². The van der Waals surface area contributed by atoms with E-state index in [1.165, 1.54) is 0 Å². The van der Waals surface area contributed by atoms with Crippen LogP contribution >= 0.6 is 0 Å². The lowest BCUT2D eigenvalue weighted by molar-refractivity contribution is -0.133. The molecule has 0 aliphatic carbocycles. The van der Waals surface area contributed by atoms with Crippen LogP contribution in [-0.4, -0.2) is 49.1 Å². The van der Waals surface area contributed by atoms with E-state index < -0.39 is 5.91 Å². The summed E-state index contributed by atoms with van der Waals surface area (Å²) in [6.07, 6.45) is 1.59. The lowest BCUT2D eigenvalue weighted by Gasteiger charge is -2.19. The van der Waals surface area contributed by atoms with Gasteiger partial charge < -0.3 is 20.1 Å². The summed E-state index contributed by atoms with van der Waals surface area (Å²) in [4.78, 5) is 24.8. The van der Waals surface area contributed by atoms with Crippen molar-refractivity contribution in [1.29, 1.82) is 0 Å². The largest absolute Gasteiger partial charge is 0.483 e. The fourth-order valence-corrected chi connectivity index (χ4v) is 2.76. The minimum absolute atomic E-state index is 0.00991. The minimum Gasteiger partial charge on any atom is -0.483 e. The minimum atomic E-state index is -0.496. The maximum atomic E-state index is 12.3. The molecule has 2 rings (SSSR count). The third-order valence-corrected chi connectivity index (χ3v) is 4.37. The first-order valence-corrected chi connectivity index (χ1v) is 8.40. The standard InChI is InChI=1S/C18H26N2O4/c1-3-13(2)15-6-4-5-7-16(15)24-12-18(22)20-9-8-14(10-20)23-11-17(19)21/h4-7,13-14H,3,8-12H2,1-2H3,(H2,19,21)/t13-,14-/m0/s1. The van der Waals surface area contributed by atoms with Crippen LogP contribution in [0.1, 0.15) is 38.2 Å². The summed E-state index contributed by atoms with van der Waals surface area (Å²) in [5, 5.41) is 0. The van der Waals surface area contributed by atoms with Crippen molar-refractivity contribution in [1.82, 2.24) is 4.90 Å². The van der Waals surface area contributed by atoms with Crippen LogP contribution in [0.4, 0.5) is 0 Å². The average molecular weight is 334 g/mol. The van der Waals surface area contributed by atoms with E-state index in [4.69, 9.17) is 15.2 Å². The number of ether oxygens (including phenoxy) is 2. The summed E-state index contributed by atoms with van der Waals surface area (Å²) >= 11 is 0. The molecule has 1 heterocycles. The fraction of sp³-hybridized carbons (Fsp3) is 0.556. The second-order valence-electron chi connectivity index (χ2n) is 6.16. The Balaban J connectivity index is 1.85. The molecular formula is C18H26N2O4. The highest BCUT2D eigenvalue weighted by Crippen LogP contribution is 2.28. The summed E-state index contributed by atoms with van der Waals surface area (Å²) < 4.78 is 11.1. The molecule has 1 fully saturated rings. The van der Waals surface area contributed by atoms with E-state index in [0.29, 0.717) is 25.4 Å². The topological polar surface area (TPSA) is 81.9 Å². The third-order valence-electron chi connectivity index (χ3n) is 4.37. The van der Waals surface area contributed by atoms with Crippen LogP contribution in [0.25, 0.3) is 0 Å². The number of carbonyl (C=O) groups is 2. The van der Waals surface area contributed by atoms with Crippen LogP contribution in [-0.2, 0) is 14.3 Å². The molecule has 1 aliphatic heterocycles. The monoisotopic (exact) mass is 334 g/mol. The van der Waals surface area contributed by atoms with Crippen molar-refractivity contribution in [3.63, 3.8) is 0 Å². The highest BCUT2D eigenvalue weighted by atomic mass is 16.5. The van der Waals surface area contributed by atoms with Gasteiger partial charge in [0.15, 0.2) is 6.61 Å². The Kier molecular flexibility index (Phi) is 6.61. The van der Waals surface area contributed by atoms with Crippen LogP contribution in [0.15, 0.2) is 24.3 Å². The molecule has 1 aromatic carbocycles. The van der Waals surface area contributed by atoms with Crippen molar-refractivity contribution in [2.75, 3.05) is 26.3 Å². The van der Waals surface area contributed by atoms with Crippen LogP contribution in [0, 0.1) is 0 Å². The molecule has 132 valence electrons. The van der Waals surface area contributed by atoms with Gasteiger partial charge in [0.25, 0.3) is 5.91 Å². The van der Waals surface area contributed by atoms with E-state index in [0.717, 1.165) is 17.7 Å². The molecule has 2 atom stereocenters. The number of hydrogen-bond donors (Lipinski definition) is 1. The van der Waals surface area contributed by atoms with Crippen molar-refractivity contribution in [3.05, 3.63) is 29.8 Å². The van der Waals surface area contributed by atoms with Gasteiger partial charge in [0, 0.05) is 13.1 Å². The molecule has 0 spiro atoms. The van der Waals surface area contributed by atoms with E-state index in [2.05, 4.69) is 13.8 Å². The molecule has 1 saturated heterocycles. The first kappa shape index (κ1) is 18.3. The molecule has 0 saturated carbocycles. The predicted octanol–water partition coefficient (Wildman–Crippen LogP) is 1.68. The lowest BCUT2D eigenvalue weighted by atomic mass is 9.98. The summed E-state index contributed by atoms with van der Waals surface area (Å²) in [7, 11) is 0.